The molecular formula is C13H21ClN2O2. The first-order valence-corrected chi connectivity index (χ1v) is 5.66. The molecule has 0 aliphatic carbocycles. The minimum absolute atomic E-state index is 0. The summed E-state index contributed by atoms with van der Waals surface area (Å²) in [7, 11) is 1.61. The van der Waals surface area contributed by atoms with E-state index >= 15 is 0 Å². The minimum Gasteiger partial charge on any atom is -0.497 e. The third-order valence-corrected chi connectivity index (χ3v) is 2.71. The standard InChI is InChI=1S/C13H20N2O2.ClH/c1-8(2)12(14)13(16)15-11-6-5-10(17-4)7-9(11)3;/h5-8,12H,14H2,1-4H3,(H,15,16);1H/t12-;/m1./s1. The van der Waals surface area contributed by atoms with Crippen molar-refractivity contribution in [2.24, 2.45) is 11.7 Å². The van der Waals surface area contributed by atoms with Crippen LogP contribution in [-0.4, -0.2) is 19.1 Å². The average Bonchev–Trinajstić information content (AvgIpc) is 2.30. The summed E-state index contributed by atoms with van der Waals surface area (Å²) in [5.74, 6) is 0.732. The zero-order valence-electron chi connectivity index (χ0n) is 11.2. The Hall–Kier alpha value is -1.26. The Balaban J connectivity index is 0.00000289. The smallest absolute Gasteiger partial charge is 0.241 e. The molecule has 0 heterocycles. The molecule has 1 rings (SSSR count). The Morgan fingerprint density at radius 1 is 1.39 bits per heavy atom. The van der Waals surface area contributed by atoms with E-state index in [1.807, 2.05) is 39.0 Å². The molecule has 0 spiro atoms. The van der Waals surface area contributed by atoms with Crippen LogP contribution in [0.15, 0.2) is 18.2 Å². The summed E-state index contributed by atoms with van der Waals surface area (Å²) in [5, 5.41) is 2.82. The molecule has 0 aromatic heterocycles. The van der Waals surface area contributed by atoms with E-state index in [0.29, 0.717) is 0 Å². The summed E-state index contributed by atoms with van der Waals surface area (Å²) < 4.78 is 5.10. The second-order valence-corrected chi connectivity index (χ2v) is 4.44. The fourth-order valence-corrected chi connectivity index (χ4v) is 1.42. The zero-order valence-corrected chi connectivity index (χ0v) is 12.0. The zero-order chi connectivity index (χ0) is 13.0. The minimum atomic E-state index is -0.489. The number of carbonyl (C=O) groups is 1. The number of nitrogens with two attached hydrogens (primary N) is 1. The Labute approximate surface area is 114 Å². The summed E-state index contributed by atoms with van der Waals surface area (Å²) in [6.45, 7) is 5.76. The largest absolute Gasteiger partial charge is 0.497 e. The van der Waals surface area contributed by atoms with Crippen molar-refractivity contribution in [1.29, 1.82) is 0 Å². The van der Waals surface area contributed by atoms with Crippen molar-refractivity contribution in [2.45, 2.75) is 26.8 Å². The predicted molar refractivity (Wildman–Crippen MR) is 76.4 cm³/mol. The monoisotopic (exact) mass is 272 g/mol. The number of anilines is 1. The molecule has 5 heteroatoms. The number of carbonyl (C=O) groups excluding carboxylic acids is 1. The van der Waals surface area contributed by atoms with Crippen molar-refractivity contribution in [1.82, 2.24) is 0 Å². The van der Waals surface area contributed by atoms with Gasteiger partial charge in [0.15, 0.2) is 0 Å². The average molecular weight is 273 g/mol. The second kappa shape index (κ2) is 7.24. The van der Waals surface area contributed by atoms with E-state index in [9.17, 15) is 4.79 Å². The second-order valence-electron chi connectivity index (χ2n) is 4.44. The Morgan fingerprint density at radius 3 is 2.44 bits per heavy atom. The van der Waals surface area contributed by atoms with Gasteiger partial charge in [0.1, 0.15) is 5.75 Å². The predicted octanol–water partition coefficient (Wildman–Crippen LogP) is 2.35. The van der Waals surface area contributed by atoms with Crippen molar-refractivity contribution in [2.75, 3.05) is 12.4 Å². The van der Waals surface area contributed by atoms with E-state index in [2.05, 4.69) is 5.32 Å². The quantitative estimate of drug-likeness (QED) is 0.884. The summed E-state index contributed by atoms with van der Waals surface area (Å²) >= 11 is 0. The van der Waals surface area contributed by atoms with Gasteiger partial charge in [0.2, 0.25) is 5.91 Å². The van der Waals surface area contributed by atoms with Gasteiger partial charge in [0, 0.05) is 5.69 Å². The van der Waals surface area contributed by atoms with Crippen LogP contribution in [0.4, 0.5) is 5.69 Å². The van der Waals surface area contributed by atoms with Crippen LogP contribution in [0.3, 0.4) is 0 Å². The van der Waals surface area contributed by atoms with Crippen molar-refractivity contribution in [3.63, 3.8) is 0 Å². The van der Waals surface area contributed by atoms with Gasteiger partial charge in [-0.15, -0.1) is 12.4 Å². The highest BCUT2D eigenvalue weighted by molar-refractivity contribution is 5.95. The summed E-state index contributed by atoms with van der Waals surface area (Å²) in [4.78, 5) is 11.8. The van der Waals surface area contributed by atoms with Gasteiger partial charge in [-0.3, -0.25) is 4.79 Å². The number of rotatable bonds is 4. The van der Waals surface area contributed by atoms with Gasteiger partial charge >= 0.3 is 0 Å². The Morgan fingerprint density at radius 2 is 2.00 bits per heavy atom. The maximum Gasteiger partial charge on any atom is 0.241 e. The molecule has 0 radical (unpaired) electrons. The van der Waals surface area contributed by atoms with E-state index in [1.54, 1.807) is 7.11 Å². The number of amides is 1. The molecule has 0 fully saturated rings. The molecule has 1 aromatic rings. The van der Waals surface area contributed by atoms with Crippen LogP contribution in [0.1, 0.15) is 19.4 Å². The van der Waals surface area contributed by atoms with Crippen LogP contribution in [0, 0.1) is 12.8 Å². The van der Waals surface area contributed by atoms with Crippen LogP contribution in [0.25, 0.3) is 0 Å². The molecule has 18 heavy (non-hydrogen) atoms. The van der Waals surface area contributed by atoms with Crippen LogP contribution < -0.4 is 15.8 Å². The molecule has 0 aliphatic rings. The van der Waals surface area contributed by atoms with Crippen molar-refractivity contribution in [3.8, 4) is 5.75 Å². The van der Waals surface area contributed by atoms with Gasteiger partial charge in [-0.1, -0.05) is 13.8 Å². The molecule has 1 atom stereocenters. The highest BCUT2D eigenvalue weighted by atomic mass is 35.5. The topological polar surface area (TPSA) is 64.3 Å². The number of hydrogen-bond acceptors (Lipinski definition) is 3. The molecule has 0 unspecified atom stereocenters. The van der Waals surface area contributed by atoms with Gasteiger partial charge in [0.25, 0.3) is 0 Å². The van der Waals surface area contributed by atoms with Crippen molar-refractivity contribution >= 4 is 24.0 Å². The highest BCUT2D eigenvalue weighted by Crippen LogP contribution is 2.21. The first-order chi connectivity index (χ1) is 7.95. The fraction of sp³-hybridized carbons (Fsp3) is 0.462. The van der Waals surface area contributed by atoms with Crippen LogP contribution in [-0.2, 0) is 4.79 Å². The number of ether oxygens (including phenoxy) is 1. The number of benzene rings is 1. The first kappa shape index (κ1) is 16.7. The molecule has 1 aromatic carbocycles. The third kappa shape index (κ3) is 4.20. The number of hydrogen-bond donors (Lipinski definition) is 2. The number of aryl methyl sites for hydroxylation is 1. The van der Waals surface area contributed by atoms with Gasteiger partial charge < -0.3 is 15.8 Å². The maximum absolute atomic E-state index is 11.8. The Kier molecular flexibility index (Phi) is 6.73. The molecule has 0 saturated carbocycles. The maximum atomic E-state index is 11.8. The summed E-state index contributed by atoms with van der Waals surface area (Å²) in [6.07, 6.45) is 0. The van der Waals surface area contributed by atoms with E-state index in [1.165, 1.54) is 0 Å². The van der Waals surface area contributed by atoms with Gasteiger partial charge in [-0.2, -0.15) is 0 Å². The molecular weight excluding hydrogens is 252 g/mol. The van der Waals surface area contributed by atoms with E-state index < -0.39 is 6.04 Å². The lowest BCUT2D eigenvalue weighted by Gasteiger charge is -2.16. The van der Waals surface area contributed by atoms with Crippen LogP contribution in [0.2, 0.25) is 0 Å². The molecule has 0 bridgehead atoms. The number of halogens is 1. The molecule has 102 valence electrons. The van der Waals surface area contributed by atoms with Crippen molar-refractivity contribution < 1.29 is 9.53 Å². The van der Waals surface area contributed by atoms with E-state index in [4.69, 9.17) is 10.5 Å². The van der Waals surface area contributed by atoms with E-state index in [-0.39, 0.29) is 24.2 Å². The lowest BCUT2D eigenvalue weighted by atomic mass is 10.0. The molecule has 1 amide bonds. The van der Waals surface area contributed by atoms with Gasteiger partial charge in [-0.05, 0) is 36.6 Å². The molecule has 0 saturated heterocycles. The van der Waals surface area contributed by atoms with Crippen LogP contribution >= 0.6 is 12.4 Å². The highest BCUT2D eigenvalue weighted by Gasteiger charge is 2.17. The Bertz CT molecular complexity index is 408. The lowest BCUT2D eigenvalue weighted by molar-refractivity contribution is -0.118. The fourth-order valence-electron chi connectivity index (χ4n) is 1.42. The SMILES string of the molecule is COc1ccc(NC(=O)[C@H](N)C(C)C)c(C)c1.Cl. The van der Waals surface area contributed by atoms with Crippen molar-refractivity contribution in [3.05, 3.63) is 23.8 Å². The molecule has 0 aliphatic heterocycles. The normalized spacial score (nSPS) is 11.7. The van der Waals surface area contributed by atoms with Gasteiger partial charge in [-0.25, -0.2) is 0 Å². The molecule has 3 N–H and O–H groups in total. The number of nitrogens with one attached hydrogen (secondary N) is 1. The van der Waals surface area contributed by atoms with E-state index in [0.717, 1.165) is 17.0 Å². The molecule has 4 nitrogen and oxygen atoms in total. The summed E-state index contributed by atoms with van der Waals surface area (Å²) in [5.41, 5.74) is 7.50. The lowest BCUT2D eigenvalue weighted by Crippen LogP contribution is -2.39. The number of methoxy groups -OCH3 is 1. The van der Waals surface area contributed by atoms with Crippen LogP contribution in [0.5, 0.6) is 5.75 Å². The first-order valence-electron chi connectivity index (χ1n) is 5.66. The summed E-state index contributed by atoms with van der Waals surface area (Å²) in [6, 6.07) is 5.01. The third-order valence-electron chi connectivity index (χ3n) is 2.71. The van der Waals surface area contributed by atoms with Gasteiger partial charge in [0.05, 0.1) is 13.2 Å².